The summed E-state index contributed by atoms with van der Waals surface area (Å²) in [6.45, 7) is 1.90. The minimum atomic E-state index is -0.715. The number of aromatic nitrogens is 5. The van der Waals surface area contributed by atoms with Crippen molar-refractivity contribution in [3.8, 4) is 30.0 Å². The number of hydrogen-bond donors (Lipinski definition) is 3. The van der Waals surface area contributed by atoms with Gasteiger partial charge in [0, 0.05) is 44.3 Å². The van der Waals surface area contributed by atoms with Gasteiger partial charge in [-0.2, -0.15) is 9.94 Å². The fourth-order valence-electron chi connectivity index (χ4n) is 6.71. The van der Waals surface area contributed by atoms with E-state index in [9.17, 15) is 24.8 Å². The van der Waals surface area contributed by atoms with Crippen LogP contribution in [0, 0.1) is 23.7 Å². The minimum Gasteiger partial charge on any atom is -0.494 e. The normalized spacial score (nSPS) is 17.7. The number of amides is 2. The molecular weight excluding hydrogens is 638 g/mol. The molecule has 0 unspecified atom stereocenters. The first-order chi connectivity index (χ1) is 24.4. The summed E-state index contributed by atoms with van der Waals surface area (Å²) >= 11 is 0. The molecule has 50 heavy (non-hydrogen) atoms. The summed E-state index contributed by atoms with van der Waals surface area (Å²) in [6, 6.07) is 11.5. The van der Waals surface area contributed by atoms with E-state index in [4.69, 9.17) is 11.2 Å². The number of likely N-dealkylation sites (tertiary alicyclic amines) is 2. The van der Waals surface area contributed by atoms with Crippen molar-refractivity contribution in [2.24, 2.45) is 0 Å². The first kappa shape index (κ1) is 34.0. The summed E-state index contributed by atoms with van der Waals surface area (Å²) in [4.78, 5) is 55.6. The van der Waals surface area contributed by atoms with Crippen LogP contribution in [0.1, 0.15) is 58.6 Å². The van der Waals surface area contributed by atoms with E-state index in [1.165, 1.54) is 35.4 Å². The van der Waals surface area contributed by atoms with E-state index in [1.54, 1.807) is 0 Å². The van der Waals surface area contributed by atoms with Crippen LogP contribution in [0.4, 0.5) is 0 Å². The quantitative estimate of drug-likeness (QED) is 0.0702. The van der Waals surface area contributed by atoms with Crippen molar-refractivity contribution in [3.63, 3.8) is 0 Å². The van der Waals surface area contributed by atoms with E-state index in [1.807, 2.05) is 30.3 Å². The number of allylic oxidation sites excluding steroid dienone is 1. The van der Waals surface area contributed by atoms with Crippen molar-refractivity contribution in [1.82, 2.24) is 39.8 Å². The number of pyridine rings is 1. The highest BCUT2D eigenvalue weighted by Crippen LogP contribution is 2.33. The lowest BCUT2D eigenvalue weighted by Crippen LogP contribution is -2.40. The Morgan fingerprint density at radius 3 is 2.66 bits per heavy atom. The van der Waals surface area contributed by atoms with Gasteiger partial charge in [0.1, 0.15) is 12.1 Å². The zero-order valence-corrected chi connectivity index (χ0v) is 27.6. The standard InChI is InChI=1S/C36H37N9O5/c1-3-4-8-13-44-20-25(16-26(44)21-46)41-35(48)33-40-22-45(42-33)34-31-30(29(50-2)19-39-34)28(18-38-31)32(47)36(49)43-14-11-24(12-15-43)27(17-37)23-9-6-5-7-10-23/h1,5-7,9-10,18-19,22,25-26,38,46H,4,8,11-16,20-21H2,2H3,(H,41,48)/t25-,26-/m0/s1. The molecule has 4 aromatic rings. The van der Waals surface area contributed by atoms with Gasteiger partial charge < -0.3 is 25.0 Å². The number of methoxy groups -OCH3 is 1. The number of ketones is 1. The average molecular weight is 676 g/mol. The van der Waals surface area contributed by atoms with Crippen LogP contribution in [0.3, 0.4) is 0 Å². The highest BCUT2D eigenvalue weighted by molar-refractivity contribution is 6.45. The maximum atomic E-state index is 13.7. The van der Waals surface area contributed by atoms with E-state index in [2.05, 4.69) is 42.3 Å². The highest BCUT2D eigenvalue weighted by Gasteiger charge is 2.33. The molecule has 14 heteroatoms. The van der Waals surface area contributed by atoms with Gasteiger partial charge in [-0.1, -0.05) is 30.3 Å². The largest absolute Gasteiger partial charge is 0.494 e. The monoisotopic (exact) mass is 675 g/mol. The highest BCUT2D eigenvalue weighted by atomic mass is 16.5. The lowest BCUT2D eigenvalue weighted by Gasteiger charge is -2.28. The molecule has 2 saturated heterocycles. The third-order valence-corrected chi connectivity index (χ3v) is 9.25. The first-order valence-corrected chi connectivity index (χ1v) is 16.4. The number of unbranched alkanes of at least 4 members (excludes halogenated alkanes) is 1. The molecule has 6 rings (SSSR count). The van der Waals surface area contributed by atoms with E-state index in [0.717, 1.165) is 24.1 Å². The average Bonchev–Trinajstić information content (AvgIpc) is 3.91. The number of benzene rings is 1. The number of carbonyl (C=O) groups excluding carboxylic acids is 3. The van der Waals surface area contributed by atoms with Gasteiger partial charge in [0.2, 0.25) is 5.82 Å². The molecule has 2 aliphatic rings. The van der Waals surface area contributed by atoms with Gasteiger partial charge in [-0.15, -0.1) is 17.4 Å². The van der Waals surface area contributed by atoms with Crippen LogP contribution in [-0.2, 0) is 4.79 Å². The molecule has 0 radical (unpaired) electrons. The number of aliphatic hydroxyl groups excluding tert-OH is 1. The number of nitriles is 1. The molecule has 2 amide bonds. The van der Waals surface area contributed by atoms with Crippen LogP contribution >= 0.6 is 0 Å². The van der Waals surface area contributed by atoms with Crippen molar-refractivity contribution in [1.29, 1.82) is 5.26 Å². The molecule has 1 aromatic carbocycles. The van der Waals surface area contributed by atoms with Gasteiger partial charge in [-0.25, -0.2) is 9.97 Å². The zero-order valence-electron chi connectivity index (χ0n) is 27.6. The Labute approximate surface area is 288 Å². The minimum absolute atomic E-state index is 0.0189. The summed E-state index contributed by atoms with van der Waals surface area (Å²) in [5.74, 6) is 1.22. The number of rotatable bonds is 11. The Kier molecular flexibility index (Phi) is 10.3. The lowest BCUT2D eigenvalue weighted by molar-refractivity contribution is -0.126. The Morgan fingerprint density at radius 2 is 1.96 bits per heavy atom. The van der Waals surface area contributed by atoms with E-state index >= 15 is 0 Å². The number of carbonyl (C=O) groups is 3. The number of ether oxygens (including phenoxy) is 1. The summed E-state index contributed by atoms with van der Waals surface area (Å²) in [5.41, 5.74) is 2.87. The summed E-state index contributed by atoms with van der Waals surface area (Å²) in [5, 5.41) is 27.3. The molecule has 2 atom stereocenters. The van der Waals surface area contributed by atoms with Gasteiger partial charge in [0.15, 0.2) is 5.82 Å². The molecule has 256 valence electrons. The number of hydrogen-bond acceptors (Lipinski definition) is 10. The van der Waals surface area contributed by atoms with Crippen molar-refractivity contribution in [2.75, 3.05) is 39.9 Å². The molecule has 14 nitrogen and oxygen atoms in total. The second kappa shape index (κ2) is 15.2. The number of nitrogens with zero attached hydrogens (tertiary/aromatic N) is 7. The first-order valence-electron chi connectivity index (χ1n) is 16.4. The second-order valence-electron chi connectivity index (χ2n) is 12.2. The fourth-order valence-corrected chi connectivity index (χ4v) is 6.71. The van der Waals surface area contributed by atoms with Crippen LogP contribution in [0.2, 0.25) is 0 Å². The molecule has 0 bridgehead atoms. The number of aromatic amines is 1. The van der Waals surface area contributed by atoms with Crippen LogP contribution < -0.4 is 10.1 Å². The molecule has 3 N–H and O–H groups in total. The SMILES string of the molecule is C#CCCCN1C[C@@H](NC(=O)c2ncn(-c3ncc(OC)c4c(C(=O)C(=O)N5CCC(=C(C#N)c6ccccc6)CC5)c[nH]c34)n2)C[C@H]1CO. The van der Waals surface area contributed by atoms with Gasteiger partial charge >= 0.3 is 0 Å². The van der Waals surface area contributed by atoms with Crippen LogP contribution in [0.15, 0.2) is 54.6 Å². The van der Waals surface area contributed by atoms with Gasteiger partial charge in [0.25, 0.3) is 17.6 Å². The Bertz CT molecular complexity index is 2010. The predicted octanol–water partition coefficient (Wildman–Crippen LogP) is 2.51. The lowest BCUT2D eigenvalue weighted by atomic mass is 9.93. The Hall–Kier alpha value is -5.83. The topological polar surface area (TPSA) is 182 Å². The summed E-state index contributed by atoms with van der Waals surface area (Å²) < 4.78 is 6.84. The number of piperidine rings is 1. The predicted molar refractivity (Wildman–Crippen MR) is 183 cm³/mol. The smallest absolute Gasteiger partial charge is 0.295 e. The van der Waals surface area contributed by atoms with Gasteiger partial charge in [-0.3, -0.25) is 19.3 Å². The molecule has 0 spiro atoms. The van der Waals surface area contributed by atoms with Crippen molar-refractivity contribution in [2.45, 2.75) is 44.2 Å². The van der Waals surface area contributed by atoms with Crippen LogP contribution in [-0.4, -0.2) is 109 Å². The summed E-state index contributed by atoms with van der Waals surface area (Å²) in [7, 11) is 1.44. The molecule has 2 fully saturated rings. The Balaban J connectivity index is 1.17. The maximum Gasteiger partial charge on any atom is 0.295 e. The number of terminal acetylenes is 1. The van der Waals surface area contributed by atoms with E-state index in [0.29, 0.717) is 61.8 Å². The number of fused-ring (bicyclic) bond motifs is 1. The number of nitrogens with one attached hydrogen (secondary N) is 2. The third-order valence-electron chi connectivity index (χ3n) is 9.25. The Morgan fingerprint density at radius 1 is 1.18 bits per heavy atom. The number of H-pyrrole nitrogens is 1. The molecule has 5 heterocycles. The zero-order chi connectivity index (χ0) is 35.2. The summed E-state index contributed by atoms with van der Waals surface area (Å²) in [6.07, 6.45) is 12.6. The fraction of sp³-hybridized carbons (Fsp3) is 0.361. The number of Topliss-reactive ketones (excluding diaryl/α,β-unsaturated/α-hetero) is 1. The second-order valence-corrected chi connectivity index (χ2v) is 12.2. The third kappa shape index (κ3) is 6.85. The van der Waals surface area contributed by atoms with E-state index in [-0.39, 0.29) is 41.6 Å². The molecular formula is C36H37N9O5. The number of aliphatic hydroxyl groups is 1. The molecule has 0 saturated carbocycles. The molecule has 3 aromatic heterocycles. The van der Waals surface area contributed by atoms with Crippen molar-refractivity contribution >= 4 is 34.1 Å². The maximum absolute atomic E-state index is 13.7. The van der Waals surface area contributed by atoms with Crippen molar-refractivity contribution < 1.29 is 24.2 Å². The van der Waals surface area contributed by atoms with Gasteiger partial charge in [-0.05, 0) is 43.4 Å². The van der Waals surface area contributed by atoms with E-state index < -0.39 is 17.6 Å². The molecule has 2 aliphatic heterocycles. The van der Waals surface area contributed by atoms with Crippen molar-refractivity contribution in [3.05, 3.63) is 71.6 Å². The van der Waals surface area contributed by atoms with Crippen LogP contribution in [0.25, 0.3) is 22.3 Å². The van der Waals surface area contributed by atoms with Crippen LogP contribution in [0.5, 0.6) is 5.75 Å². The van der Waals surface area contributed by atoms with Gasteiger partial charge in [0.05, 0.1) is 48.0 Å². The molecule has 0 aliphatic carbocycles.